The largest absolute Gasteiger partial charge is 0.469 e. The molecule has 0 aliphatic carbocycles. The van der Waals surface area contributed by atoms with Gasteiger partial charge in [0.15, 0.2) is 0 Å². The maximum Gasteiger partial charge on any atom is 0.310 e. The molecule has 4 atom stereocenters. The third-order valence-electron chi connectivity index (χ3n) is 5.41. The van der Waals surface area contributed by atoms with Gasteiger partial charge in [-0.15, -0.1) is 0 Å². The minimum Gasteiger partial charge on any atom is -0.469 e. The molecule has 2 saturated heterocycles. The SMILES string of the molecule is COC(=O)[C@H]1[C@@H](c2ccc(Br)cc2)C[C@@H]2CC[C@H]1N2C/C=C/CF. The van der Waals surface area contributed by atoms with Crippen LogP contribution in [0.1, 0.15) is 30.7 Å². The van der Waals surface area contributed by atoms with Crippen LogP contribution < -0.4 is 0 Å². The van der Waals surface area contributed by atoms with Crippen LogP contribution in [0.3, 0.4) is 0 Å². The third-order valence-corrected chi connectivity index (χ3v) is 5.94. The van der Waals surface area contributed by atoms with Gasteiger partial charge in [0.25, 0.3) is 0 Å². The monoisotopic (exact) mass is 395 g/mol. The van der Waals surface area contributed by atoms with E-state index in [0.29, 0.717) is 12.6 Å². The van der Waals surface area contributed by atoms with Crippen LogP contribution in [-0.2, 0) is 9.53 Å². The zero-order valence-corrected chi connectivity index (χ0v) is 15.4. The number of piperidine rings is 1. The Morgan fingerprint density at radius 1 is 1.33 bits per heavy atom. The van der Waals surface area contributed by atoms with Gasteiger partial charge in [0.05, 0.1) is 13.0 Å². The van der Waals surface area contributed by atoms with Gasteiger partial charge in [0.2, 0.25) is 0 Å². The Labute approximate surface area is 151 Å². The Balaban J connectivity index is 1.87. The molecule has 0 aromatic heterocycles. The molecule has 2 aliphatic rings. The lowest BCUT2D eigenvalue weighted by Gasteiger charge is -2.43. The van der Waals surface area contributed by atoms with Crippen LogP contribution in [0.2, 0.25) is 0 Å². The molecule has 0 amide bonds. The predicted molar refractivity (Wildman–Crippen MR) is 95.6 cm³/mol. The number of carbonyl (C=O) groups excluding carboxylic acids is 1. The Morgan fingerprint density at radius 2 is 2.08 bits per heavy atom. The summed E-state index contributed by atoms with van der Waals surface area (Å²) in [6, 6.07) is 8.89. The zero-order valence-electron chi connectivity index (χ0n) is 13.8. The second-order valence-electron chi connectivity index (χ2n) is 6.56. The lowest BCUT2D eigenvalue weighted by atomic mass is 9.76. The van der Waals surface area contributed by atoms with Gasteiger partial charge in [0.1, 0.15) is 6.67 Å². The van der Waals surface area contributed by atoms with Crippen molar-refractivity contribution >= 4 is 21.9 Å². The van der Waals surface area contributed by atoms with Crippen molar-refractivity contribution in [2.24, 2.45) is 5.92 Å². The van der Waals surface area contributed by atoms with E-state index in [1.54, 1.807) is 6.08 Å². The molecule has 130 valence electrons. The van der Waals surface area contributed by atoms with Crippen molar-refractivity contribution < 1.29 is 13.9 Å². The van der Waals surface area contributed by atoms with Crippen molar-refractivity contribution in [3.8, 4) is 0 Å². The summed E-state index contributed by atoms with van der Waals surface area (Å²) in [7, 11) is 1.47. The number of alkyl halides is 1. The molecule has 3 nitrogen and oxygen atoms in total. The van der Waals surface area contributed by atoms with Gasteiger partial charge in [-0.1, -0.05) is 40.2 Å². The Bertz CT molecular complexity index is 604. The summed E-state index contributed by atoms with van der Waals surface area (Å²) in [6.07, 6.45) is 6.46. The Morgan fingerprint density at radius 3 is 2.75 bits per heavy atom. The second kappa shape index (κ2) is 7.79. The van der Waals surface area contributed by atoms with E-state index < -0.39 is 6.67 Å². The number of allylic oxidation sites excluding steroid dienone is 1. The van der Waals surface area contributed by atoms with E-state index in [0.717, 1.165) is 23.7 Å². The molecule has 24 heavy (non-hydrogen) atoms. The first-order valence-corrected chi connectivity index (χ1v) is 9.25. The molecular weight excluding hydrogens is 373 g/mol. The first kappa shape index (κ1) is 17.6. The van der Waals surface area contributed by atoms with Gasteiger partial charge in [0, 0.05) is 29.0 Å². The van der Waals surface area contributed by atoms with Crippen LogP contribution >= 0.6 is 15.9 Å². The van der Waals surface area contributed by atoms with Crippen molar-refractivity contribution in [1.82, 2.24) is 4.90 Å². The highest BCUT2D eigenvalue weighted by Crippen LogP contribution is 2.47. The van der Waals surface area contributed by atoms with E-state index in [-0.39, 0.29) is 23.8 Å². The number of hydrogen-bond acceptors (Lipinski definition) is 3. The van der Waals surface area contributed by atoms with E-state index in [2.05, 4.69) is 33.0 Å². The van der Waals surface area contributed by atoms with Gasteiger partial charge in [-0.25, -0.2) is 4.39 Å². The van der Waals surface area contributed by atoms with Gasteiger partial charge in [-0.05, 0) is 37.0 Å². The summed E-state index contributed by atoms with van der Waals surface area (Å²) in [5.41, 5.74) is 1.20. The Kier molecular flexibility index (Phi) is 5.72. The van der Waals surface area contributed by atoms with E-state index in [1.165, 1.54) is 12.7 Å². The molecule has 0 spiro atoms. The van der Waals surface area contributed by atoms with Crippen LogP contribution in [0.5, 0.6) is 0 Å². The Hall–Kier alpha value is -1.20. The molecule has 1 aromatic carbocycles. The molecule has 2 bridgehead atoms. The summed E-state index contributed by atoms with van der Waals surface area (Å²) in [6.45, 7) is 0.269. The van der Waals surface area contributed by atoms with Crippen LogP contribution in [-0.4, -0.2) is 43.3 Å². The number of hydrogen-bond donors (Lipinski definition) is 0. The maximum atomic E-state index is 12.5. The molecule has 2 heterocycles. The topological polar surface area (TPSA) is 29.5 Å². The molecule has 1 aromatic rings. The molecule has 0 unspecified atom stereocenters. The summed E-state index contributed by atoms with van der Waals surface area (Å²) in [4.78, 5) is 14.9. The fourth-order valence-electron chi connectivity index (χ4n) is 4.37. The second-order valence-corrected chi connectivity index (χ2v) is 7.48. The maximum absolute atomic E-state index is 12.5. The highest BCUT2D eigenvalue weighted by atomic mass is 79.9. The van der Waals surface area contributed by atoms with Gasteiger partial charge < -0.3 is 4.74 Å². The first-order chi connectivity index (χ1) is 11.7. The summed E-state index contributed by atoms with van der Waals surface area (Å²) in [5.74, 6) is -0.106. The number of esters is 1. The highest BCUT2D eigenvalue weighted by molar-refractivity contribution is 9.10. The average Bonchev–Trinajstić information content (AvgIpc) is 2.87. The van der Waals surface area contributed by atoms with Crippen molar-refractivity contribution in [1.29, 1.82) is 0 Å². The van der Waals surface area contributed by atoms with E-state index in [1.807, 2.05) is 18.2 Å². The van der Waals surface area contributed by atoms with Crippen molar-refractivity contribution in [3.05, 3.63) is 46.5 Å². The smallest absolute Gasteiger partial charge is 0.310 e. The van der Waals surface area contributed by atoms with Crippen LogP contribution in [0.4, 0.5) is 4.39 Å². The van der Waals surface area contributed by atoms with Gasteiger partial charge in [-0.3, -0.25) is 9.69 Å². The van der Waals surface area contributed by atoms with Gasteiger partial charge in [-0.2, -0.15) is 0 Å². The number of methoxy groups -OCH3 is 1. The lowest BCUT2D eigenvalue weighted by Crippen LogP contribution is -2.50. The fourth-order valence-corrected chi connectivity index (χ4v) is 4.63. The summed E-state index contributed by atoms with van der Waals surface area (Å²) < 4.78 is 18.5. The fraction of sp³-hybridized carbons (Fsp3) is 0.526. The van der Waals surface area contributed by atoms with E-state index in [9.17, 15) is 9.18 Å². The third kappa shape index (κ3) is 3.42. The van der Waals surface area contributed by atoms with Crippen molar-refractivity contribution in [2.45, 2.75) is 37.3 Å². The average molecular weight is 396 g/mol. The number of carbonyl (C=O) groups is 1. The number of fused-ring (bicyclic) bond motifs is 2. The van der Waals surface area contributed by atoms with E-state index >= 15 is 0 Å². The standard InChI is InChI=1S/C19H23BrFNO2/c1-24-19(23)18-16(13-4-6-14(20)7-5-13)12-15-8-9-17(18)22(15)11-3-2-10-21/h2-7,15-18H,8-12H2,1H3/b3-2+/t15-,16+,17+,18-/m0/s1. The molecule has 2 fully saturated rings. The summed E-state index contributed by atoms with van der Waals surface area (Å²) >= 11 is 3.47. The number of rotatable bonds is 5. The van der Waals surface area contributed by atoms with Gasteiger partial charge >= 0.3 is 5.97 Å². The lowest BCUT2D eigenvalue weighted by molar-refractivity contribution is -0.150. The number of benzene rings is 1. The van der Waals surface area contributed by atoms with Crippen LogP contribution in [0.25, 0.3) is 0 Å². The first-order valence-electron chi connectivity index (χ1n) is 8.45. The van der Waals surface area contributed by atoms with E-state index in [4.69, 9.17) is 4.74 Å². The van der Waals surface area contributed by atoms with Crippen molar-refractivity contribution in [3.63, 3.8) is 0 Å². The van der Waals surface area contributed by atoms with Crippen LogP contribution in [0, 0.1) is 5.92 Å². The normalized spacial score (nSPS) is 30.0. The summed E-state index contributed by atoms with van der Waals surface area (Å²) in [5, 5.41) is 0. The zero-order chi connectivity index (χ0) is 17.1. The molecule has 2 aliphatic heterocycles. The predicted octanol–water partition coefficient (Wildman–Crippen LogP) is 4.08. The molecule has 5 heteroatoms. The number of ether oxygens (including phenoxy) is 1. The molecule has 0 N–H and O–H groups in total. The molecule has 0 saturated carbocycles. The minimum atomic E-state index is -0.439. The number of nitrogens with zero attached hydrogens (tertiary/aromatic N) is 1. The van der Waals surface area contributed by atoms with Crippen molar-refractivity contribution in [2.75, 3.05) is 20.3 Å². The van der Waals surface area contributed by atoms with Crippen LogP contribution in [0.15, 0.2) is 40.9 Å². The molecular formula is C19H23BrFNO2. The quantitative estimate of drug-likeness (QED) is 0.555. The highest BCUT2D eigenvalue weighted by Gasteiger charge is 2.50. The molecule has 3 rings (SSSR count). The minimum absolute atomic E-state index is 0.132. The molecule has 0 radical (unpaired) electrons. The number of halogens is 2.